The first kappa shape index (κ1) is 28.0. The molecule has 0 atom stereocenters. The van der Waals surface area contributed by atoms with E-state index in [9.17, 15) is 13.2 Å². The number of sulfonamides is 1. The SMILES string of the molecule is CCOc1ccc(N(CC(=O)NCCCSCc2ccccc2)S(=O)(=O)c2ccc(SC)cc2)cc1. The molecule has 0 saturated carbocycles. The van der Waals surface area contributed by atoms with Crippen molar-refractivity contribution in [3.8, 4) is 5.75 Å². The Morgan fingerprint density at radius 1 is 0.972 bits per heavy atom. The molecule has 3 aromatic rings. The maximum Gasteiger partial charge on any atom is 0.264 e. The highest BCUT2D eigenvalue weighted by molar-refractivity contribution is 7.98. The van der Waals surface area contributed by atoms with Gasteiger partial charge in [0.25, 0.3) is 10.0 Å². The van der Waals surface area contributed by atoms with Crippen molar-refractivity contribution in [1.82, 2.24) is 5.32 Å². The molecule has 0 unspecified atom stereocenters. The summed E-state index contributed by atoms with van der Waals surface area (Å²) >= 11 is 3.34. The number of rotatable bonds is 14. The number of anilines is 1. The second kappa shape index (κ2) is 14.2. The van der Waals surface area contributed by atoms with Crippen LogP contribution in [-0.2, 0) is 20.6 Å². The quantitative estimate of drug-likeness (QED) is 0.215. The number of hydrogen-bond acceptors (Lipinski definition) is 6. The maximum atomic E-state index is 13.5. The lowest BCUT2D eigenvalue weighted by molar-refractivity contribution is -0.119. The molecule has 0 bridgehead atoms. The summed E-state index contributed by atoms with van der Waals surface area (Å²) in [5.74, 6) is 2.12. The first-order valence-corrected chi connectivity index (χ1v) is 15.5. The van der Waals surface area contributed by atoms with Crippen LogP contribution in [0.2, 0.25) is 0 Å². The van der Waals surface area contributed by atoms with Gasteiger partial charge in [0.05, 0.1) is 17.2 Å². The number of amides is 1. The number of nitrogens with zero attached hydrogens (tertiary/aromatic N) is 1. The summed E-state index contributed by atoms with van der Waals surface area (Å²) in [5, 5.41) is 2.87. The van der Waals surface area contributed by atoms with E-state index in [0.717, 1.165) is 27.1 Å². The maximum absolute atomic E-state index is 13.5. The van der Waals surface area contributed by atoms with Crippen LogP contribution in [-0.4, -0.2) is 46.0 Å². The molecule has 0 aliphatic carbocycles. The van der Waals surface area contributed by atoms with Gasteiger partial charge in [-0.25, -0.2) is 8.42 Å². The number of hydrogen-bond donors (Lipinski definition) is 1. The van der Waals surface area contributed by atoms with E-state index in [2.05, 4.69) is 17.4 Å². The molecule has 0 spiro atoms. The van der Waals surface area contributed by atoms with E-state index in [0.29, 0.717) is 24.6 Å². The molecule has 0 fully saturated rings. The molecule has 0 aliphatic heterocycles. The van der Waals surface area contributed by atoms with Gasteiger partial charge in [0, 0.05) is 17.2 Å². The topological polar surface area (TPSA) is 75.7 Å². The minimum atomic E-state index is -3.95. The standard InChI is InChI=1S/C27H32N2O4S3/c1-3-33-24-12-10-23(11-13-24)29(36(31,32)26-16-14-25(34-2)15-17-26)20-27(30)28-18-7-19-35-21-22-8-5-4-6-9-22/h4-6,8-17H,3,7,18-21H2,1-2H3,(H,28,30). The first-order chi connectivity index (χ1) is 17.4. The van der Waals surface area contributed by atoms with Gasteiger partial charge in [0.2, 0.25) is 5.91 Å². The van der Waals surface area contributed by atoms with Crippen LogP contribution >= 0.6 is 23.5 Å². The molecule has 0 aromatic heterocycles. The molecule has 192 valence electrons. The third-order valence-electron chi connectivity index (χ3n) is 5.27. The van der Waals surface area contributed by atoms with Crippen molar-refractivity contribution >= 4 is 45.1 Å². The van der Waals surface area contributed by atoms with Gasteiger partial charge in [-0.3, -0.25) is 9.10 Å². The lowest BCUT2D eigenvalue weighted by Gasteiger charge is -2.24. The number of thioether (sulfide) groups is 2. The zero-order valence-corrected chi connectivity index (χ0v) is 23.0. The van der Waals surface area contributed by atoms with Crippen LogP contribution in [0.25, 0.3) is 0 Å². The van der Waals surface area contributed by atoms with Gasteiger partial charge in [-0.1, -0.05) is 30.3 Å². The Morgan fingerprint density at radius 2 is 1.67 bits per heavy atom. The molecule has 0 heterocycles. The summed E-state index contributed by atoms with van der Waals surface area (Å²) in [7, 11) is -3.95. The molecule has 0 aliphatic rings. The molecular formula is C27H32N2O4S3. The number of carbonyl (C=O) groups is 1. The van der Waals surface area contributed by atoms with Crippen molar-refractivity contribution in [3.05, 3.63) is 84.4 Å². The van der Waals surface area contributed by atoms with Crippen LogP contribution in [0.3, 0.4) is 0 Å². The molecule has 1 amide bonds. The van der Waals surface area contributed by atoms with Gasteiger partial charge in [-0.2, -0.15) is 11.8 Å². The average molecular weight is 545 g/mol. The molecule has 0 saturated heterocycles. The van der Waals surface area contributed by atoms with E-state index < -0.39 is 10.0 Å². The summed E-state index contributed by atoms with van der Waals surface area (Å²) in [6.07, 6.45) is 2.73. The second-order valence-corrected chi connectivity index (χ2v) is 11.7. The number of ether oxygens (including phenoxy) is 1. The molecule has 0 radical (unpaired) electrons. The van der Waals surface area contributed by atoms with E-state index in [1.807, 2.05) is 43.1 Å². The number of carbonyl (C=O) groups excluding carboxylic acids is 1. The Labute approximate surface area is 222 Å². The van der Waals surface area contributed by atoms with E-state index in [1.54, 1.807) is 48.5 Å². The van der Waals surface area contributed by atoms with Gasteiger partial charge in [0.1, 0.15) is 12.3 Å². The summed E-state index contributed by atoms with van der Waals surface area (Å²) in [4.78, 5) is 13.9. The van der Waals surface area contributed by atoms with E-state index in [1.165, 1.54) is 17.3 Å². The molecule has 3 aromatic carbocycles. The minimum Gasteiger partial charge on any atom is -0.494 e. The zero-order valence-electron chi connectivity index (χ0n) is 20.6. The number of benzene rings is 3. The molecule has 1 N–H and O–H groups in total. The second-order valence-electron chi connectivity index (χ2n) is 7.86. The van der Waals surface area contributed by atoms with Crippen LogP contribution in [0.15, 0.2) is 88.7 Å². The van der Waals surface area contributed by atoms with Gasteiger partial charge in [-0.15, -0.1) is 11.8 Å². The lowest BCUT2D eigenvalue weighted by atomic mass is 10.2. The Bertz CT molecular complexity index is 1190. The third-order valence-corrected chi connectivity index (χ3v) is 8.92. The van der Waals surface area contributed by atoms with Crippen molar-refractivity contribution in [2.24, 2.45) is 0 Å². The van der Waals surface area contributed by atoms with Crippen molar-refractivity contribution in [3.63, 3.8) is 0 Å². The molecule has 9 heteroatoms. The molecular weight excluding hydrogens is 513 g/mol. The van der Waals surface area contributed by atoms with Crippen LogP contribution in [0.1, 0.15) is 18.9 Å². The van der Waals surface area contributed by atoms with Crippen molar-refractivity contribution in [2.45, 2.75) is 28.9 Å². The van der Waals surface area contributed by atoms with E-state index >= 15 is 0 Å². The normalized spacial score (nSPS) is 11.2. The van der Waals surface area contributed by atoms with Gasteiger partial charge in [0.15, 0.2) is 0 Å². The summed E-state index contributed by atoms with van der Waals surface area (Å²) in [6.45, 7) is 2.57. The highest BCUT2D eigenvalue weighted by Crippen LogP contribution is 2.27. The van der Waals surface area contributed by atoms with Crippen LogP contribution in [0.4, 0.5) is 5.69 Å². The predicted octanol–water partition coefficient (Wildman–Crippen LogP) is 5.44. The van der Waals surface area contributed by atoms with Gasteiger partial charge < -0.3 is 10.1 Å². The Kier molecular flexibility index (Phi) is 11.0. The molecule has 36 heavy (non-hydrogen) atoms. The number of nitrogens with one attached hydrogen (secondary N) is 1. The Morgan fingerprint density at radius 3 is 2.31 bits per heavy atom. The van der Waals surface area contributed by atoms with Crippen LogP contribution in [0, 0.1) is 0 Å². The van der Waals surface area contributed by atoms with E-state index in [-0.39, 0.29) is 17.3 Å². The van der Waals surface area contributed by atoms with Gasteiger partial charge >= 0.3 is 0 Å². The summed E-state index contributed by atoms with van der Waals surface area (Å²) in [5.41, 5.74) is 1.68. The third kappa shape index (κ3) is 8.21. The fourth-order valence-electron chi connectivity index (χ4n) is 3.42. The Balaban J connectivity index is 1.64. The van der Waals surface area contributed by atoms with Crippen molar-refractivity contribution in [1.29, 1.82) is 0 Å². The van der Waals surface area contributed by atoms with Gasteiger partial charge in [-0.05, 0) is 79.4 Å². The van der Waals surface area contributed by atoms with Crippen molar-refractivity contribution < 1.29 is 17.9 Å². The van der Waals surface area contributed by atoms with Crippen LogP contribution < -0.4 is 14.4 Å². The highest BCUT2D eigenvalue weighted by Gasteiger charge is 2.27. The summed E-state index contributed by atoms with van der Waals surface area (Å²) in [6, 6.07) is 23.7. The monoisotopic (exact) mass is 544 g/mol. The summed E-state index contributed by atoms with van der Waals surface area (Å²) < 4.78 is 33.7. The fourth-order valence-corrected chi connectivity index (χ4v) is 6.17. The largest absolute Gasteiger partial charge is 0.494 e. The van der Waals surface area contributed by atoms with Crippen LogP contribution in [0.5, 0.6) is 5.75 Å². The highest BCUT2D eigenvalue weighted by atomic mass is 32.2. The lowest BCUT2D eigenvalue weighted by Crippen LogP contribution is -2.41. The smallest absolute Gasteiger partial charge is 0.264 e. The first-order valence-electron chi connectivity index (χ1n) is 11.7. The molecule has 3 rings (SSSR count). The predicted molar refractivity (Wildman–Crippen MR) is 151 cm³/mol. The Hall–Kier alpha value is -2.62. The molecule has 6 nitrogen and oxygen atoms in total. The van der Waals surface area contributed by atoms with E-state index in [4.69, 9.17) is 4.74 Å². The van der Waals surface area contributed by atoms with Crippen molar-refractivity contribution in [2.75, 3.05) is 36.0 Å². The average Bonchev–Trinajstić information content (AvgIpc) is 2.90. The fraction of sp³-hybridized carbons (Fsp3) is 0.296. The zero-order chi connectivity index (χ0) is 25.8. The minimum absolute atomic E-state index is 0.138.